The molecule has 1 saturated heterocycles. The van der Waals surface area contributed by atoms with Gasteiger partial charge in [-0.15, -0.1) is 0 Å². The number of carbonyl (C=O) groups excluding carboxylic acids is 1. The van der Waals surface area contributed by atoms with Crippen LogP contribution in [0.25, 0.3) is 0 Å². The Morgan fingerprint density at radius 3 is 2.47 bits per heavy atom. The quantitative estimate of drug-likeness (QED) is 0.770. The molecule has 0 aromatic heterocycles. The Kier molecular flexibility index (Phi) is 4.93. The van der Waals surface area contributed by atoms with Crippen LogP contribution in [-0.2, 0) is 4.74 Å². The Balaban J connectivity index is 1.78. The average Bonchev–Trinajstić information content (AvgIpc) is 2.42. The Bertz CT molecular complexity index is 400. The molecular formula is C15H22N2O2. The standard InChI is InChI=1S/C15H22N2O2/c1-13(12-17-10-8-16(2)9-11-17)19-15(18)14-6-4-3-5-7-14/h3-7,13H,8-12H2,1-2H3/t13-/m1/s1. The molecule has 4 heteroatoms. The molecule has 0 aliphatic carbocycles. The third-order valence-electron chi connectivity index (χ3n) is 3.43. The van der Waals surface area contributed by atoms with Crippen LogP contribution < -0.4 is 0 Å². The van der Waals surface area contributed by atoms with Gasteiger partial charge in [0.25, 0.3) is 0 Å². The van der Waals surface area contributed by atoms with Crippen molar-refractivity contribution in [2.45, 2.75) is 13.0 Å². The monoisotopic (exact) mass is 262 g/mol. The van der Waals surface area contributed by atoms with E-state index in [9.17, 15) is 4.79 Å². The summed E-state index contributed by atoms with van der Waals surface area (Å²) >= 11 is 0. The first-order valence-electron chi connectivity index (χ1n) is 6.82. The lowest BCUT2D eigenvalue weighted by Crippen LogP contribution is -2.47. The van der Waals surface area contributed by atoms with Gasteiger partial charge in [-0.2, -0.15) is 0 Å². The minimum Gasteiger partial charge on any atom is -0.458 e. The van der Waals surface area contributed by atoms with Crippen molar-refractivity contribution in [1.82, 2.24) is 9.80 Å². The Labute approximate surface area is 115 Å². The summed E-state index contributed by atoms with van der Waals surface area (Å²) < 4.78 is 5.47. The van der Waals surface area contributed by atoms with Crippen molar-refractivity contribution in [3.63, 3.8) is 0 Å². The fourth-order valence-corrected chi connectivity index (χ4v) is 2.26. The van der Waals surface area contributed by atoms with Crippen LogP contribution in [0.1, 0.15) is 17.3 Å². The number of hydrogen-bond acceptors (Lipinski definition) is 4. The van der Waals surface area contributed by atoms with Crippen molar-refractivity contribution < 1.29 is 9.53 Å². The summed E-state index contributed by atoms with van der Waals surface area (Å²) in [7, 11) is 2.14. The van der Waals surface area contributed by atoms with E-state index in [1.165, 1.54) is 0 Å². The molecule has 1 aliphatic heterocycles. The number of carbonyl (C=O) groups is 1. The summed E-state index contributed by atoms with van der Waals surface area (Å²) in [4.78, 5) is 16.6. The molecule has 1 aliphatic rings. The fraction of sp³-hybridized carbons (Fsp3) is 0.533. The predicted molar refractivity (Wildman–Crippen MR) is 75.3 cm³/mol. The topological polar surface area (TPSA) is 32.8 Å². The maximum atomic E-state index is 11.9. The van der Waals surface area contributed by atoms with Crippen molar-refractivity contribution in [2.24, 2.45) is 0 Å². The van der Waals surface area contributed by atoms with Gasteiger partial charge < -0.3 is 9.64 Å². The van der Waals surface area contributed by atoms with Crippen LogP contribution in [-0.4, -0.2) is 61.6 Å². The first kappa shape index (κ1) is 14.0. The molecule has 104 valence electrons. The molecule has 1 aromatic carbocycles. The lowest BCUT2D eigenvalue weighted by molar-refractivity contribution is 0.0207. The van der Waals surface area contributed by atoms with Gasteiger partial charge in [0, 0.05) is 32.7 Å². The molecule has 2 rings (SSSR count). The SMILES string of the molecule is C[C@H](CN1CCN(C)CC1)OC(=O)c1ccccc1. The minimum absolute atomic E-state index is 0.0730. The summed E-state index contributed by atoms with van der Waals surface area (Å²) in [5.74, 6) is -0.234. The largest absolute Gasteiger partial charge is 0.458 e. The number of likely N-dealkylation sites (N-methyl/N-ethyl adjacent to an activating group) is 1. The first-order chi connectivity index (χ1) is 9.15. The first-order valence-corrected chi connectivity index (χ1v) is 6.82. The highest BCUT2D eigenvalue weighted by molar-refractivity contribution is 5.89. The smallest absolute Gasteiger partial charge is 0.338 e. The number of hydrogen-bond donors (Lipinski definition) is 0. The van der Waals surface area contributed by atoms with Gasteiger partial charge >= 0.3 is 5.97 Å². The molecule has 1 aromatic rings. The molecule has 0 unspecified atom stereocenters. The Morgan fingerprint density at radius 2 is 1.84 bits per heavy atom. The maximum Gasteiger partial charge on any atom is 0.338 e. The third-order valence-corrected chi connectivity index (χ3v) is 3.43. The summed E-state index contributed by atoms with van der Waals surface area (Å²) in [5.41, 5.74) is 0.618. The van der Waals surface area contributed by atoms with Crippen LogP contribution in [0.15, 0.2) is 30.3 Å². The van der Waals surface area contributed by atoms with Gasteiger partial charge in [0.05, 0.1) is 5.56 Å². The van der Waals surface area contributed by atoms with Crippen molar-refractivity contribution in [1.29, 1.82) is 0 Å². The average molecular weight is 262 g/mol. The molecule has 0 bridgehead atoms. The lowest BCUT2D eigenvalue weighted by atomic mass is 10.2. The van der Waals surface area contributed by atoms with Crippen LogP contribution >= 0.6 is 0 Å². The number of nitrogens with zero attached hydrogens (tertiary/aromatic N) is 2. The summed E-state index contributed by atoms with van der Waals surface area (Å²) in [6, 6.07) is 9.16. The summed E-state index contributed by atoms with van der Waals surface area (Å²) in [6.45, 7) is 7.03. The van der Waals surface area contributed by atoms with E-state index < -0.39 is 0 Å². The van der Waals surface area contributed by atoms with Gasteiger partial charge in [0.15, 0.2) is 0 Å². The molecule has 19 heavy (non-hydrogen) atoms. The fourth-order valence-electron chi connectivity index (χ4n) is 2.26. The van der Waals surface area contributed by atoms with Crippen molar-refractivity contribution in [3.8, 4) is 0 Å². The zero-order chi connectivity index (χ0) is 13.7. The molecule has 4 nitrogen and oxygen atoms in total. The highest BCUT2D eigenvalue weighted by atomic mass is 16.5. The van der Waals surface area contributed by atoms with E-state index in [4.69, 9.17) is 4.74 Å². The molecule has 0 radical (unpaired) electrons. The molecule has 0 N–H and O–H groups in total. The highest BCUT2D eigenvalue weighted by Crippen LogP contribution is 2.06. The second-order valence-corrected chi connectivity index (χ2v) is 5.19. The van der Waals surface area contributed by atoms with Gasteiger partial charge in [-0.3, -0.25) is 4.90 Å². The van der Waals surface area contributed by atoms with Crippen LogP contribution in [0.3, 0.4) is 0 Å². The second kappa shape index (κ2) is 6.68. The number of piperazine rings is 1. The van der Waals surface area contributed by atoms with Crippen LogP contribution in [0.2, 0.25) is 0 Å². The Morgan fingerprint density at radius 1 is 1.21 bits per heavy atom. The molecule has 1 fully saturated rings. The summed E-state index contributed by atoms with van der Waals surface area (Å²) in [5, 5.41) is 0. The van der Waals surface area contributed by atoms with E-state index in [2.05, 4.69) is 16.8 Å². The van der Waals surface area contributed by atoms with Crippen molar-refractivity contribution in [3.05, 3.63) is 35.9 Å². The van der Waals surface area contributed by atoms with Gasteiger partial charge in [-0.05, 0) is 26.1 Å². The number of ether oxygens (including phenoxy) is 1. The van der Waals surface area contributed by atoms with E-state index in [0.29, 0.717) is 5.56 Å². The predicted octanol–water partition coefficient (Wildman–Crippen LogP) is 1.48. The number of benzene rings is 1. The molecule has 1 atom stereocenters. The van der Waals surface area contributed by atoms with E-state index in [1.807, 2.05) is 25.1 Å². The van der Waals surface area contributed by atoms with E-state index in [0.717, 1.165) is 32.7 Å². The second-order valence-electron chi connectivity index (χ2n) is 5.19. The highest BCUT2D eigenvalue weighted by Gasteiger charge is 2.18. The van der Waals surface area contributed by atoms with E-state index in [-0.39, 0.29) is 12.1 Å². The third kappa shape index (κ3) is 4.33. The number of rotatable bonds is 4. The Hall–Kier alpha value is -1.39. The minimum atomic E-state index is -0.234. The molecule has 1 heterocycles. The van der Waals surface area contributed by atoms with Gasteiger partial charge in [-0.25, -0.2) is 4.79 Å². The number of esters is 1. The summed E-state index contributed by atoms with van der Waals surface area (Å²) in [6.07, 6.45) is -0.0730. The van der Waals surface area contributed by atoms with Crippen LogP contribution in [0.4, 0.5) is 0 Å². The zero-order valence-electron chi connectivity index (χ0n) is 11.7. The maximum absolute atomic E-state index is 11.9. The van der Waals surface area contributed by atoms with Crippen molar-refractivity contribution in [2.75, 3.05) is 39.8 Å². The van der Waals surface area contributed by atoms with E-state index >= 15 is 0 Å². The normalized spacial score (nSPS) is 19.1. The lowest BCUT2D eigenvalue weighted by Gasteiger charge is -2.33. The van der Waals surface area contributed by atoms with Gasteiger partial charge in [0.1, 0.15) is 6.10 Å². The van der Waals surface area contributed by atoms with Crippen molar-refractivity contribution >= 4 is 5.97 Å². The molecule has 0 amide bonds. The zero-order valence-corrected chi connectivity index (χ0v) is 11.7. The molecule has 0 saturated carbocycles. The van der Waals surface area contributed by atoms with Crippen LogP contribution in [0, 0.1) is 0 Å². The molecule has 0 spiro atoms. The van der Waals surface area contributed by atoms with Gasteiger partial charge in [0.2, 0.25) is 0 Å². The van der Waals surface area contributed by atoms with Crippen LogP contribution in [0.5, 0.6) is 0 Å². The molecular weight excluding hydrogens is 240 g/mol. The van der Waals surface area contributed by atoms with E-state index in [1.54, 1.807) is 12.1 Å². The van der Waals surface area contributed by atoms with Gasteiger partial charge in [-0.1, -0.05) is 18.2 Å².